The van der Waals surface area contributed by atoms with E-state index >= 15 is 0 Å². The molecule has 0 aromatic carbocycles. The van der Waals surface area contributed by atoms with Gasteiger partial charge in [0.1, 0.15) is 6.29 Å². The van der Waals surface area contributed by atoms with Gasteiger partial charge in [0.15, 0.2) is 0 Å². The van der Waals surface area contributed by atoms with Crippen molar-refractivity contribution in [1.29, 1.82) is 0 Å². The van der Waals surface area contributed by atoms with Gasteiger partial charge < -0.3 is 9.90 Å². The van der Waals surface area contributed by atoms with Gasteiger partial charge in [0.05, 0.1) is 5.92 Å². The van der Waals surface area contributed by atoms with E-state index in [0.717, 1.165) is 30.5 Å². The highest BCUT2D eigenvalue weighted by Crippen LogP contribution is 2.68. The normalized spacial score (nSPS) is 47.4. The molecule has 4 fully saturated rings. The van der Waals surface area contributed by atoms with E-state index in [1.807, 2.05) is 0 Å². The van der Waals surface area contributed by atoms with Gasteiger partial charge in [-0.15, -0.1) is 0 Å². The molecule has 152 valence electrons. The third-order valence-electron chi connectivity index (χ3n) is 10.1. The van der Waals surface area contributed by atoms with E-state index in [1.54, 1.807) is 0 Å². The molecule has 4 aliphatic carbocycles. The van der Waals surface area contributed by atoms with Crippen molar-refractivity contribution in [3.05, 3.63) is 0 Å². The number of carbonyl (C=O) groups excluding carboxylic acids is 1. The van der Waals surface area contributed by atoms with Gasteiger partial charge >= 0.3 is 5.97 Å². The Balaban J connectivity index is 1.57. The summed E-state index contributed by atoms with van der Waals surface area (Å²) in [4.78, 5) is 22.9. The highest BCUT2D eigenvalue weighted by molar-refractivity contribution is 5.71. The van der Waals surface area contributed by atoms with Crippen molar-refractivity contribution in [2.45, 2.75) is 90.9 Å². The Bertz CT molecular complexity index is 586. The molecule has 3 heteroatoms. The molecule has 0 aromatic rings. The molecule has 1 N–H and O–H groups in total. The number of carbonyl (C=O) groups is 2. The molecule has 0 bridgehead atoms. The first-order valence-corrected chi connectivity index (χ1v) is 11.6. The number of fused-ring (bicyclic) bond motifs is 5. The molecule has 27 heavy (non-hydrogen) atoms. The minimum absolute atomic E-state index is 0.172. The second kappa shape index (κ2) is 7.19. The SMILES string of the molecule is C[C@]12CC[C@H]3[C@@H](CCC4CCCC[C@@]43C)[C@@H]1CC[C@@H]2[C@@H](CCC=O)C(=O)O. The lowest BCUT2D eigenvalue weighted by Crippen LogP contribution is -2.53. The zero-order valence-corrected chi connectivity index (χ0v) is 17.3. The zero-order valence-electron chi connectivity index (χ0n) is 17.3. The van der Waals surface area contributed by atoms with Crippen molar-refractivity contribution >= 4 is 12.3 Å². The fourth-order valence-electron chi connectivity index (χ4n) is 8.74. The van der Waals surface area contributed by atoms with Gasteiger partial charge in [-0.05, 0) is 98.2 Å². The lowest BCUT2D eigenvalue weighted by molar-refractivity contribution is -0.149. The predicted octanol–water partition coefficient (Wildman–Crippen LogP) is 5.72. The van der Waals surface area contributed by atoms with Crippen LogP contribution in [-0.4, -0.2) is 17.4 Å². The molecule has 0 amide bonds. The van der Waals surface area contributed by atoms with Crippen LogP contribution >= 0.6 is 0 Å². The molecule has 8 atom stereocenters. The van der Waals surface area contributed by atoms with Crippen LogP contribution in [0.3, 0.4) is 0 Å². The van der Waals surface area contributed by atoms with Gasteiger partial charge in [-0.3, -0.25) is 4.79 Å². The molecule has 3 nitrogen and oxygen atoms in total. The Labute approximate surface area is 164 Å². The molecule has 0 spiro atoms. The summed E-state index contributed by atoms with van der Waals surface area (Å²) in [6.07, 6.45) is 15.1. The van der Waals surface area contributed by atoms with E-state index in [-0.39, 0.29) is 17.3 Å². The van der Waals surface area contributed by atoms with Crippen LogP contribution in [0.15, 0.2) is 0 Å². The second-order valence-electron chi connectivity index (χ2n) is 10.8. The van der Waals surface area contributed by atoms with Crippen LogP contribution in [0.25, 0.3) is 0 Å². The summed E-state index contributed by atoms with van der Waals surface area (Å²) < 4.78 is 0. The zero-order chi connectivity index (χ0) is 19.2. The van der Waals surface area contributed by atoms with E-state index < -0.39 is 5.97 Å². The first-order chi connectivity index (χ1) is 12.9. The number of aldehydes is 1. The van der Waals surface area contributed by atoms with Crippen molar-refractivity contribution < 1.29 is 14.7 Å². The van der Waals surface area contributed by atoms with E-state index in [1.165, 1.54) is 57.8 Å². The number of hydrogen-bond acceptors (Lipinski definition) is 2. The summed E-state index contributed by atoms with van der Waals surface area (Å²) in [7, 11) is 0. The molecule has 0 heterocycles. The molecule has 0 aliphatic heterocycles. The number of carboxylic acid groups (broad SMARTS) is 1. The highest BCUT2D eigenvalue weighted by Gasteiger charge is 2.60. The van der Waals surface area contributed by atoms with Gasteiger partial charge in [-0.2, -0.15) is 0 Å². The van der Waals surface area contributed by atoms with Gasteiger partial charge in [-0.25, -0.2) is 0 Å². The Morgan fingerprint density at radius 1 is 1.00 bits per heavy atom. The van der Waals surface area contributed by atoms with Gasteiger partial charge in [0, 0.05) is 6.42 Å². The first-order valence-electron chi connectivity index (χ1n) is 11.6. The molecule has 0 aromatic heterocycles. The van der Waals surface area contributed by atoms with Crippen LogP contribution in [0.1, 0.15) is 90.9 Å². The molecule has 4 rings (SSSR count). The Morgan fingerprint density at radius 2 is 1.78 bits per heavy atom. The molecular weight excluding hydrogens is 336 g/mol. The topological polar surface area (TPSA) is 54.4 Å². The molecule has 0 radical (unpaired) electrons. The number of rotatable bonds is 5. The maximum Gasteiger partial charge on any atom is 0.306 e. The second-order valence-corrected chi connectivity index (χ2v) is 10.8. The van der Waals surface area contributed by atoms with E-state index in [9.17, 15) is 14.7 Å². The molecule has 4 aliphatic rings. The van der Waals surface area contributed by atoms with Crippen LogP contribution in [0.5, 0.6) is 0 Å². The lowest BCUT2D eigenvalue weighted by atomic mass is 9.44. The van der Waals surface area contributed by atoms with Crippen LogP contribution in [0, 0.1) is 46.3 Å². The molecule has 4 saturated carbocycles. The Kier molecular flexibility index (Phi) is 5.18. The number of hydrogen-bond donors (Lipinski definition) is 1. The van der Waals surface area contributed by atoms with Crippen LogP contribution in [-0.2, 0) is 9.59 Å². The van der Waals surface area contributed by atoms with Crippen LogP contribution in [0.4, 0.5) is 0 Å². The Hall–Kier alpha value is -0.860. The van der Waals surface area contributed by atoms with Crippen molar-refractivity contribution in [3.8, 4) is 0 Å². The van der Waals surface area contributed by atoms with E-state index in [2.05, 4.69) is 13.8 Å². The predicted molar refractivity (Wildman–Crippen MR) is 106 cm³/mol. The lowest BCUT2D eigenvalue weighted by Gasteiger charge is -2.60. The summed E-state index contributed by atoms with van der Waals surface area (Å²) in [6.45, 7) is 5.02. The third-order valence-corrected chi connectivity index (χ3v) is 10.1. The summed E-state index contributed by atoms with van der Waals surface area (Å²) in [6, 6.07) is 0. The average Bonchev–Trinajstić information content (AvgIpc) is 2.98. The minimum atomic E-state index is -0.672. The number of carboxylic acids is 1. The third kappa shape index (κ3) is 2.99. The molecule has 0 saturated heterocycles. The van der Waals surface area contributed by atoms with Gasteiger partial charge in [0.25, 0.3) is 0 Å². The van der Waals surface area contributed by atoms with Crippen molar-refractivity contribution in [3.63, 3.8) is 0 Å². The standard InChI is InChI=1S/C24H38O3/c1-23-13-4-3-6-16(23)8-9-17-19-10-11-20(18(22(26)27)7-5-15-25)24(19,2)14-12-21(17)23/h15-21H,3-14H2,1-2H3,(H,26,27)/t16?,17-,18+,19-,20+,21-,23-,24-/m0/s1. The summed E-state index contributed by atoms with van der Waals surface area (Å²) in [5.41, 5.74) is 0.718. The summed E-state index contributed by atoms with van der Waals surface area (Å²) in [5.74, 6) is 2.59. The minimum Gasteiger partial charge on any atom is -0.481 e. The summed E-state index contributed by atoms with van der Waals surface area (Å²) in [5, 5.41) is 9.88. The maximum absolute atomic E-state index is 12.0. The Morgan fingerprint density at radius 3 is 2.52 bits per heavy atom. The van der Waals surface area contributed by atoms with Gasteiger partial charge in [-0.1, -0.05) is 26.7 Å². The van der Waals surface area contributed by atoms with E-state index in [4.69, 9.17) is 0 Å². The fraction of sp³-hybridized carbons (Fsp3) is 0.917. The highest BCUT2D eigenvalue weighted by atomic mass is 16.4. The quantitative estimate of drug-likeness (QED) is 0.627. The van der Waals surface area contributed by atoms with Crippen molar-refractivity contribution in [2.24, 2.45) is 46.3 Å². The fourth-order valence-corrected chi connectivity index (χ4v) is 8.74. The van der Waals surface area contributed by atoms with Crippen LogP contribution in [0.2, 0.25) is 0 Å². The molecular formula is C24H38O3. The number of aliphatic carboxylic acids is 1. The monoisotopic (exact) mass is 374 g/mol. The van der Waals surface area contributed by atoms with Crippen molar-refractivity contribution in [1.82, 2.24) is 0 Å². The maximum atomic E-state index is 12.0. The largest absolute Gasteiger partial charge is 0.481 e. The van der Waals surface area contributed by atoms with Gasteiger partial charge in [0.2, 0.25) is 0 Å². The first kappa shape index (κ1) is 19.5. The van der Waals surface area contributed by atoms with Crippen molar-refractivity contribution in [2.75, 3.05) is 0 Å². The molecule has 1 unspecified atom stereocenters. The van der Waals surface area contributed by atoms with Crippen LogP contribution < -0.4 is 0 Å². The summed E-state index contributed by atoms with van der Waals surface area (Å²) >= 11 is 0. The smallest absolute Gasteiger partial charge is 0.306 e. The van der Waals surface area contributed by atoms with E-state index in [0.29, 0.717) is 24.2 Å². The average molecular weight is 375 g/mol.